The van der Waals surface area contributed by atoms with Crippen LogP contribution in [0.2, 0.25) is 0 Å². The molecule has 0 bridgehead atoms. The fourth-order valence-electron chi connectivity index (χ4n) is 7.20. The predicted octanol–water partition coefficient (Wildman–Crippen LogP) is 2.17. The fraction of sp³-hybridized carbons (Fsp3) is 0.294. The van der Waals surface area contributed by atoms with Gasteiger partial charge in [0, 0.05) is 23.1 Å². The summed E-state index contributed by atoms with van der Waals surface area (Å²) in [6, 6.07) is 16.0. The summed E-state index contributed by atoms with van der Waals surface area (Å²) in [5.41, 5.74) is 2.09. The van der Waals surface area contributed by atoms with E-state index in [0.717, 1.165) is 6.07 Å². The van der Waals surface area contributed by atoms with Crippen molar-refractivity contribution in [3.8, 4) is 34.5 Å². The molecule has 0 aromatic heterocycles. The van der Waals surface area contributed by atoms with E-state index in [9.17, 15) is 51.1 Å². The highest BCUT2D eigenvalue weighted by molar-refractivity contribution is 5.68. The van der Waals surface area contributed by atoms with Gasteiger partial charge in [0.25, 0.3) is 0 Å². The van der Waals surface area contributed by atoms with Gasteiger partial charge in [-0.1, -0.05) is 24.3 Å². The Labute approximate surface area is 261 Å². The molecule has 4 aromatic carbocycles. The number of aliphatic hydroxyl groups excluding tert-OH is 5. The molecule has 1 fully saturated rings. The van der Waals surface area contributed by atoms with Crippen molar-refractivity contribution in [2.45, 2.75) is 54.6 Å². The van der Waals surface area contributed by atoms with Crippen LogP contribution in [0.1, 0.15) is 69.1 Å². The van der Waals surface area contributed by atoms with E-state index in [2.05, 4.69) is 0 Å². The van der Waals surface area contributed by atoms with Gasteiger partial charge in [0.1, 0.15) is 71.1 Å². The number of fused-ring (bicyclic) bond motifs is 2. The monoisotopic (exact) mass is 632 g/mol. The van der Waals surface area contributed by atoms with Crippen LogP contribution in [0.25, 0.3) is 0 Å². The van der Waals surface area contributed by atoms with Crippen LogP contribution in [-0.4, -0.2) is 82.1 Å². The predicted molar refractivity (Wildman–Crippen MR) is 159 cm³/mol. The lowest BCUT2D eigenvalue weighted by Gasteiger charge is -2.40. The van der Waals surface area contributed by atoms with E-state index < -0.39 is 66.9 Å². The second kappa shape index (κ2) is 11.1. The summed E-state index contributed by atoms with van der Waals surface area (Å²) < 4.78 is 12.4. The van der Waals surface area contributed by atoms with Gasteiger partial charge in [-0.15, -0.1) is 0 Å². The van der Waals surface area contributed by atoms with Crippen LogP contribution in [0, 0.1) is 0 Å². The molecule has 240 valence electrons. The highest BCUT2D eigenvalue weighted by Gasteiger charge is 2.52. The molecule has 0 amide bonds. The summed E-state index contributed by atoms with van der Waals surface area (Å²) in [7, 11) is 0. The Balaban J connectivity index is 1.53. The van der Waals surface area contributed by atoms with Gasteiger partial charge in [0.15, 0.2) is 0 Å². The van der Waals surface area contributed by atoms with E-state index in [0.29, 0.717) is 22.3 Å². The average molecular weight is 633 g/mol. The Morgan fingerprint density at radius 3 is 1.78 bits per heavy atom. The van der Waals surface area contributed by atoms with Crippen LogP contribution in [-0.2, 0) is 4.74 Å². The zero-order valence-electron chi connectivity index (χ0n) is 24.0. The molecule has 0 radical (unpaired) electrons. The number of rotatable bonds is 4. The molecule has 46 heavy (non-hydrogen) atoms. The Bertz CT molecular complexity index is 1790. The number of phenolic OH excluding ortho intramolecular Hbond substituents is 5. The first kappa shape index (κ1) is 30.1. The third kappa shape index (κ3) is 4.53. The molecule has 12 heteroatoms. The lowest BCUT2D eigenvalue weighted by molar-refractivity contribution is -0.232. The summed E-state index contributed by atoms with van der Waals surface area (Å²) in [5, 5.41) is 108. The summed E-state index contributed by atoms with van der Waals surface area (Å²) in [4.78, 5) is 0. The van der Waals surface area contributed by atoms with E-state index in [1.165, 1.54) is 36.4 Å². The molecule has 2 heterocycles. The number of aromatic hydroxyl groups is 5. The maximum atomic E-state index is 12.1. The van der Waals surface area contributed by atoms with Gasteiger partial charge in [0.05, 0.1) is 24.2 Å². The van der Waals surface area contributed by atoms with Crippen molar-refractivity contribution in [2.24, 2.45) is 0 Å². The first-order valence-electron chi connectivity index (χ1n) is 14.7. The number of hydrogen-bond acceptors (Lipinski definition) is 12. The van der Waals surface area contributed by atoms with Gasteiger partial charge in [-0.2, -0.15) is 0 Å². The van der Waals surface area contributed by atoms with E-state index in [-0.39, 0.29) is 45.4 Å². The molecule has 0 saturated carbocycles. The summed E-state index contributed by atoms with van der Waals surface area (Å²) in [6.45, 7) is -0.707. The maximum Gasteiger partial charge on any atom is 0.135 e. The molecule has 4 aromatic rings. The van der Waals surface area contributed by atoms with Crippen LogP contribution in [0.3, 0.4) is 0 Å². The third-order valence-corrected chi connectivity index (χ3v) is 9.33. The summed E-state index contributed by atoms with van der Waals surface area (Å²) in [5.74, 6) is -2.95. The largest absolute Gasteiger partial charge is 0.508 e. The molecule has 0 spiro atoms. The van der Waals surface area contributed by atoms with Crippen molar-refractivity contribution in [3.05, 3.63) is 106 Å². The molecule has 1 aliphatic carbocycles. The highest BCUT2D eigenvalue weighted by Crippen LogP contribution is 2.63. The van der Waals surface area contributed by atoms with Crippen LogP contribution in [0.5, 0.6) is 34.5 Å². The first-order chi connectivity index (χ1) is 22.0. The normalized spacial score (nSPS) is 29.8. The van der Waals surface area contributed by atoms with Crippen LogP contribution >= 0.6 is 0 Å². The average Bonchev–Trinajstić information content (AvgIpc) is 3.38. The number of benzene rings is 4. The molecule has 10 N–H and O–H groups in total. The Morgan fingerprint density at radius 1 is 0.543 bits per heavy atom. The van der Waals surface area contributed by atoms with Crippen molar-refractivity contribution >= 4 is 0 Å². The molecule has 2 aliphatic heterocycles. The molecular weight excluding hydrogens is 600 g/mol. The minimum atomic E-state index is -1.77. The second-order valence-corrected chi connectivity index (χ2v) is 12.0. The van der Waals surface area contributed by atoms with E-state index >= 15 is 0 Å². The van der Waals surface area contributed by atoms with Gasteiger partial charge in [-0.25, -0.2) is 0 Å². The minimum Gasteiger partial charge on any atom is -0.508 e. The standard InChI is InChI=1S/C34H32O12/c35-12-22-29(42)30(43)31(44)34(45-22)27-21(40)11-19-26-25(32(46-33(26)27)14-3-7-16(37)8-4-14)18-9-17(38)10-20(39)24(18)23(28(19)41)13-1-5-15(36)6-2-13/h1-11,22-23,25,28-32,34-44H,12H2/t22-,23-,25+,28-,29-,30+,31-,32-,34+/m1/s1. The number of aliphatic hydroxyl groups is 5. The summed E-state index contributed by atoms with van der Waals surface area (Å²) in [6.07, 6.45) is -10.4. The molecular formula is C34H32O12. The van der Waals surface area contributed by atoms with Gasteiger partial charge < -0.3 is 60.5 Å². The van der Waals surface area contributed by atoms with Gasteiger partial charge in [0.2, 0.25) is 0 Å². The maximum absolute atomic E-state index is 12.1. The van der Waals surface area contributed by atoms with E-state index in [1.807, 2.05) is 0 Å². The van der Waals surface area contributed by atoms with Crippen molar-refractivity contribution in [1.82, 2.24) is 0 Å². The number of ether oxygens (including phenoxy) is 2. The Morgan fingerprint density at radius 2 is 1.15 bits per heavy atom. The number of hydrogen-bond donors (Lipinski definition) is 10. The van der Waals surface area contributed by atoms with Crippen LogP contribution < -0.4 is 4.74 Å². The second-order valence-electron chi connectivity index (χ2n) is 12.0. The molecule has 12 nitrogen and oxygen atoms in total. The SMILES string of the molecule is OC[C@H]1O[C@@H](c2c(O)cc3c4c2O[C@H](c2ccc(O)cc2)[C@H]4c2cc(O)cc(O)c2[C@@H](c2ccc(O)cc2)[C@@H]3O)[C@H](O)[C@@H](O)[C@@H]1O. The summed E-state index contributed by atoms with van der Waals surface area (Å²) >= 11 is 0. The van der Waals surface area contributed by atoms with Gasteiger partial charge in [-0.3, -0.25) is 0 Å². The van der Waals surface area contributed by atoms with Gasteiger partial charge in [-0.05, 0) is 58.7 Å². The molecule has 3 aliphatic rings. The van der Waals surface area contributed by atoms with Crippen molar-refractivity contribution in [2.75, 3.05) is 6.61 Å². The molecule has 0 unspecified atom stereocenters. The number of phenols is 5. The van der Waals surface area contributed by atoms with E-state index in [4.69, 9.17) is 9.47 Å². The molecule has 7 rings (SSSR count). The zero-order chi connectivity index (χ0) is 32.6. The lowest BCUT2D eigenvalue weighted by Crippen LogP contribution is -2.55. The Kier molecular flexibility index (Phi) is 7.24. The highest BCUT2D eigenvalue weighted by atomic mass is 16.5. The van der Waals surface area contributed by atoms with Crippen LogP contribution in [0.4, 0.5) is 0 Å². The van der Waals surface area contributed by atoms with Crippen molar-refractivity contribution in [1.29, 1.82) is 0 Å². The Hall–Kier alpha value is -4.56. The fourth-order valence-corrected chi connectivity index (χ4v) is 7.20. The first-order valence-corrected chi connectivity index (χ1v) is 14.7. The third-order valence-electron chi connectivity index (χ3n) is 9.33. The zero-order valence-corrected chi connectivity index (χ0v) is 24.0. The smallest absolute Gasteiger partial charge is 0.135 e. The van der Waals surface area contributed by atoms with E-state index in [1.54, 1.807) is 24.3 Å². The topological polar surface area (TPSA) is 221 Å². The quantitative estimate of drug-likeness (QED) is 0.156. The van der Waals surface area contributed by atoms with Crippen LogP contribution in [0.15, 0.2) is 66.7 Å². The molecule has 9 atom stereocenters. The lowest BCUT2D eigenvalue weighted by atomic mass is 9.80. The van der Waals surface area contributed by atoms with Crippen molar-refractivity contribution in [3.63, 3.8) is 0 Å². The van der Waals surface area contributed by atoms with Crippen molar-refractivity contribution < 1.29 is 60.5 Å². The minimum absolute atomic E-state index is 0.0124. The molecule has 1 saturated heterocycles. The van der Waals surface area contributed by atoms with Gasteiger partial charge >= 0.3 is 0 Å².